The summed E-state index contributed by atoms with van der Waals surface area (Å²) in [6.07, 6.45) is -2.73. The predicted molar refractivity (Wildman–Crippen MR) is 116 cm³/mol. The molecule has 3 aromatic rings. The first-order valence-electron chi connectivity index (χ1n) is 10.5. The van der Waals surface area contributed by atoms with Crippen LogP contribution in [0.5, 0.6) is 5.75 Å². The van der Waals surface area contributed by atoms with Crippen LogP contribution in [0, 0.1) is 6.92 Å². The summed E-state index contributed by atoms with van der Waals surface area (Å²) in [5.74, 6) is 1.87. The van der Waals surface area contributed by atoms with E-state index < -0.39 is 12.2 Å². The Labute approximate surface area is 188 Å². The van der Waals surface area contributed by atoms with Gasteiger partial charge in [-0.2, -0.15) is 23.3 Å². The zero-order valence-corrected chi connectivity index (χ0v) is 18.8. The number of nitrogens with zero attached hydrogens (tertiary/aromatic N) is 7. The van der Waals surface area contributed by atoms with Gasteiger partial charge in [0.25, 0.3) is 0 Å². The maximum absolute atomic E-state index is 13.2. The fourth-order valence-electron chi connectivity index (χ4n) is 3.62. The van der Waals surface area contributed by atoms with Gasteiger partial charge < -0.3 is 20.3 Å². The summed E-state index contributed by atoms with van der Waals surface area (Å²) < 4.78 is 48.5. The summed E-state index contributed by atoms with van der Waals surface area (Å²) in [5, 5.41) is 14.4. The van der Waals surface area contributed by atoms with Gasteiger partial charge in [0.05, 0.1) is 13.2 Å². The van der Waals surface area contributed by atoms with E-state index in [1.54, 1.807) is 40.7 Å². The van der Waals surface area contributed by atoms with E-state index >= 15 is 0 Å². The van der Waals surface area contributed by atoms with Crippen molar-refractivity contribution in [2.24, 2.45) is 0 Å². The van der Waals surface area contributed by atoms with Crippen molar-refractivity contribution in [2.75, 3.05) is 37.0 Å². The Balaban J connectivity index is 1.59. The fraction of sp³-hybridized carbons (Fsp3) is 0.500. The molecular weight excluding hydrogens is 439 g/mol. The highest BCUT2D eigenvalue weighted by molar-refractivity contribution is 5.62. The van der Waals surface area contributed by atoms with Crippen LogP contribution in [0.15, 0.2) is 24.5 Å². The zero-order chi connectivity index (χ0) is 23.8. The molecule has 0 amide bonds. The molecule has 4 rings (SSSR count). The Bertz CT molecular complexity index is 1110. The quantitative estimate of drug-likeness (QED) is 0.574. The number of halogens is 3. The molecule has 33 heavy (non-hydrogen) atoms. The molecule has 3 heterocycles. The fourth-order valence-corrected chi connectivity index (χ4v) is 3.62. The minimum Gasteiger partial charge on any atom is -0.494 e. The van der Waals surface area contributed by atoms with E-state index in [1.807, 2.05) is 26.0 Å². The Morgan fingerprint density at radius 2 is 2.03 bits per heavy atom. The number of anilines is 3. The summed E-state index contributed by atoms with van der Waals surface area (Å²) in [5.41, 5.74) is 1.37. The highest BCUT2D eigenvalue weighted by Gasteiger charge is 2.42. The number of ether oxygens (including phenoxy) is 1. The van der Waals surface area contributed by atoms with Crippen LogP contribution in [0.2, 0.25) is 0 Å². The van der Waals surface area contributed by atoms with E-state index in [9.17, 15) is 13.2 Å². The number of hydrogen-bond donors (Lipinski definition) is 2. The first-order valence-corrected chi connectivity index (χ1v) is 10.5. The predicted octanol–water partition coefficient (Wildman–Crippen LogP) is 2.84. The summed E-state index contributed by atoms with van der Waals surface area (Å²) in [6, 6.07) is 3.70. The van der Waals surface area contributed by atoms with Crippen LogP contribution in [-0.4, -0.2) is 68.5 Å². The van der Waals surface area contributed by atoms with Gasteiger partial charge in [0, 0.05) is 31.4 Å². The minimum absolute atomic E-state index is 0.0882. The lowest BCUT2D eigenvalue weighted by Crippen LogP contribution is -2.57. The van der Waals surface area contributed by atoms with Crippen molar-refractivity contribution in [3.05, 3.63) is 30.4 Å². The normalized spacial score (nSPS) is 17.0. The molecule has 1 atom stereocenters. The second kappa shape index (κ2) is 8.89. The lowest BCUT2D eigenvalue weighted by molar-refractivity contribution is -0.155. The molecule has 0 aliphatic carbocycles. The molecule has 0 spiro atoms. The van der Waals surface area contributed by atoms with Gasteiger partial charge in [-0.25, -0.2) is 14.3 Å². The van der Waals surface area contributed by atoms with Crippen LogP contribution in [0.25, 0.3) is 5.69 Å². The first kappa shape index (κ1) is 22.8. The number of nitrogens with one attached hydrogen (secondary N) is 2. The molecule has 1 unspecified atom stereocenters. The van der Waals surface area contributed by atoms with E-state index in [-0.39, 0.29) is 25.1 Å². The van der Waals surface area contributed by atoms with E-state index in [0.29, 0.717) is 35.4 Å². The van der Waals surface area contributed by atoms with E-state index in [1.165, 1.54) is 0 Å². The lowest BCUT2D eigenvalue weighted by Gasteiger charge is -2.35. The Morgan fingerprint density at radius 1 is 1.24 bits per heavy atom. The maximum atomic E-state index is 13.2. The van der Waals surface area contributed by atoms with Gasteiger partial charge in [0.2, 0.25) is 11.9 Å². The monoisotopic (exact) mass is 465 g/mol. The molecule has 1 aromatic carbocycles. The van der Waals surface area contributed by atoms with Crippen molar-refractivity contribution in [3.8, 4) is 11.4 Å². The number of piperazine rings is 1. The number of rotatable bonds is 6. The molecule has 1 aliphatic heterocycles. The maximum Gasteiger partial charge on any atom is 0.405 e. The van der Waals surface area contributed by atoms with Crippen LogP contribution in [-0.2, 0) is 0 Å². The number of aryl methyl sites for hydroxylation is 1. The molecule has 13 heteroatoms. The van der Waals surface area contributed by atoms with Crippen molar-refractivity contribution in [2.45, 2.75) is 39.0 Å². The summed E-state index contributed by atoms with van der Waals surface area (Å²) in [6.45, 7) is 5.99. The second-order valence-corrected chi connectivity index (χ2v) is 8.02. The third kappa shape index (κ3) is 4.87. The van der Waals surface area contributed by atoms with E-state index in [2.05, 4.69) is 30.8 Å². The molecule has 178 valence electrons. The van der Waals surface area contributed by atoms with Gasteiger partial charge in [0.1, 0.15) is 29.6 Å². The molecule has 2 N–H and O–H groups in total. The zero-order valence-electron chi connectivity index (χ0n) is 18.8. The van der Waals surface area contributed by atoms with Crippen molar-refractivity contribution >= 4 is 17.6 Å². The van der Waals surface area contributed by atoms with Crippen molar-refractivity contribution in [3.63, 3.8) is 0 Å². The van der Waals surface area contributed by atoms with Crippen LogP contribution in [0.3, 0.4) is 0 Å². The minimum atomic E-state index is -4.33. The average molecular weight is 465 g/mol. The van der Waals surface area contributed by atoms with Gasteiger partial charge in [-0.15, -0.1) is 5.10 Å². The van der Waals surface area contributed by atoms with Crippen LogP contribution in [0.4, 0.5) is 30.8 Å². The molecule has 0 bridgehead atoms. The molecule has 1 saturated heterocycles. The first-order chi connectivity index (χ1) is 15.7. The third-order valence-electron chi connectivity index (χ3n) is 5.24. The highest BCUT2D eigenvalue weighted by atomic mass is 19.4. The summed E-state index contributed by atoms with van der Waals surface area (Å²) in [4.78, 5) is 10.3. The summed E-state index contributed by atoms with van der Waals surface area (Å²) >= 11 is 0. The molecule has 10 nitrogen and oxygen atoms in total. The number of aromatic nitrogens is 6. The molecule has 1 fully saturated rings. The SMILES string of the molecule is COc1cc(Nc2nc(N3CCNC(C(F)(F)F)C3)n(C(C)C)n2)ccc1-n1cnc(C)n1. The van der Waals surface area contributed by atoms with Gasteiger partial charge >= 0.3 is 6.18 Å². The largest absolute Gasteiger partial charge is 0.494 e. The summed E-state index contributed by atoms with van der Waals surface area (Å²) in [7, 11) is 1.55. The number of hydrogen-bond acceptors (Lipinski definition) is 8. The second-order valence-electron chi connectivity index (χ2n) is 8.02. The molecule has 0 saturated carbocycles. The number of benzene rings is 1. The van der Waals surface area contributed by atoms with Gasteiger partial charge in [-0.3, -0.25) is 0 Å². The molecular formula is C20H26F3N9O. The van der Waals surface area contributed by atoms with Gasteiger partial charge in [0.15, 0.2) is 0 Å². The number of alkyl halides is 3. The molecule has 2 aromatic heterocycles. The highest BCUT2D eigenvalue weighted by Crippen LogP contribution is 2.30. The standard InChI is InChI=1S/C20H26F3N9O/c1-12(2)32-19(30-8-7-24-17(10-30)20(21,22)23)27-18(29-32)26-14-5-6-15(16(9-14)33-4)31-11-25-13(3)28-31/h5-6,9,11-12,17,24H,7-8,10H2,1-4H3,(H,26,29). The molecule has 1 aliphatic rings. The van der Waals surface area contributed by atoms with Crippen molar-refractivity contribution in [1.82, 2.24) is 34.8 Å². The van der Waals surface area contributed by atoms with Crippen molar-refractivity contribution < 1.29 is 17.9 Å². The van der Waals surface area contributed by atoms with Crippen LogP contribution < -0.4 is 20.3 Å². The average Bonchev–Trinajstić information content (AvgIpc) is 3.39. The Hall–Kier alpha value is -3.35. The number of methoxy groups -OCH3 is 1. The van der Waals surface area contributed by atoms with E-state index in [4.69, 9.17) is 4.74 Å². The third-order valence-corrected chi connectivity index (χ3v) is 5.24. The van der Waals surface area contributed by atoms with Gasteiger partial charge in [-0.1, -0.05) is 0 Å². The van der Waals surface area contributed by atoms with Gasteiger partial charge in [-0.05, 0) is 32.9 Å². The Kier molecular flexibility index (Phi) is 6.15. The van der Waals surface area contributed by atoms with Crippen LogP contribution >= 0.6 is 0 Å². The lowest BCUT2D eigenvalue weighted by atomic mass is 10.2. The Morgan fingerprint density at radius 3 is 2.67 bits per heavy atom. The topological polar surface area (TPSA) is 98.0 Å². The molecule has 0 radical (unpaired) electrons. The van der Waals surface area contributed by atoms with Crippen molar-refractivity contribution in [1.29, 1.82) is 0 Å². The van der Waals surface area contributed by atoms with Crippen LogP contribution in [0.1, 0.15) is 25.7 Å². The van der Waals surface area contributed by atoms with E-state index in [0.717, 1.165) is 0 Å². The smallest absolute Gasteiger partial charge is 0.405 e.